The highest BCUT2D eigenvalue weighted by atomic mass is 32.2. The van der Waals surface area contributed by atoms with E-state index in [-0.39, 0.29) is 16.8 Å². The maximum atomic E-state index is 13.1. The molecule has 2 aromatic rings. The lowest BCUT2D eigenvalue weighted by molar-refractivity contribution is -0.124. The second-order valence-corrected chi connectivity index (χ2v) is 10.9. The average molecular weight is 452 g/mol. The Bertz CT molecular complexity index is 1000. The van der Waals surface area contributed by atoms with E-state index in [2.05, 4.69) is 27.9 Å². The van der Waals surface area contributed by atoms with Crippen LogP contribution in [0.3, 0.4) is 0 Å². The van der Waals surface area contributed by atoms with E-state index >= 15 is 0 Å². The summed E-state index contributed by atoms with van der Waals surface area (Å²) in [6, 6.07) is 5.30. The molecule has 8 nitrogen and oxygen atoms in total. The standard InChI is InChI=1S/C20H29N5O3S2/c1-14-5-3-6-16(15(14)2)21-19(26)13-24-9-11-25(12-10-24)30(27,28)18-8-4-7-17-20(18)23-29-22-17/h4,7-8,14-16H,3,5-6,9-13H2,1-2H3,(H,21,26). The fraction of sp³-hybridized carbons (Fsp3) is 0.650. The van der Waals surface area contributed by atoms with Crippen LogP contribution < -0.4 is 5.32 Å². The first-order valence-electron chi connectivity index (χ1n) is 10.6. The quantitative estimate of drug-likeness (QED) is 0.746. The maximum absolute atomic E-state index is 13.1. The van der Waals surface area contributed by atoms with Gasteiger partial charge in [0.1, 0.15) is 15.9 Å². The zero-order valence-electron chi connectivity index (χ0n) is 17.5. The number of amides is 1. The van der Waals surface area contributed by atoms with Gasteiger partial charge in [-0.05, 0) is 30.4 Å². The van der Waals surface area contributed by atoms with Gasteiger partial charge < -0.3 is 5.32 Å². The fourth-order valence-corrected chi connectivity index (χ4v) is 6.67. The Morgan fingerprint density at radius 3 is 2.70 bits per heavy atom. The molecule has 10 heteroatoms. The second kappa shape index (κ2) is 8.86. The summed E-state index contributed by atoms with van der Waals surface area (Å²) in [6.07, 6.45) is 3.43. The first kappa shape index (κ1) is 21.6. The highest BCUT2D eigenvalue weighted by molar-refractivity contribution is 7.89. The lowest BCUT2D eigenvalue weighted by Gasteiger charge is -2.36. The Hall–Kier alpha value is -1.62. The lowest BCUT2D eigenvalue weighted by Crippen LogP contribution is -2.52. The molecule has 3 atom stereocenters. The van der Waals surface area contributed by atoms with E-state index in [1.807, 2.05) is 4.90 Å². The van der Waals surface area contributed by atoms with Gasteiger partial charge in [-0.2, -0.15) is 13.1 Å². The summed E-state index contributed by atoms with van der Waals surface area (Å²) in [5.74, 6) is 1.17. The number of fused-ring (bicyclic) bond motifs is 1. The van der Waals surface area contributed by atoms with Gasteiger partial charge in [0.2, 0.25) is 15.9 Å². The van der Waals surface area contributed by atoms with E-state index in [0.29, 0.717) is 55.6 Å². The van der Waals surface area contributed by atoms with Crippen LogP contribution in [0, 0.1) is 11.8 Å². The molecule has 30 heavy (non-hydrogen) atoms. The van der Waals surface area contributed by atoms with Crippen LogP contribution >= 0.6 is 11.7 Å². The topological polar surface area (TPSA) is 95.5 Å². The Labute approximate surface area is 182 Å². The lowest BCUT2D eigenvalue weighted by atomic mass is 9.78. The van der Waals surface area contributed by atoms with Crippen LogP contribution in [-0.4, -0.2) is 71.0 Å². The minimum absolute atomic E-state index is 0.0376. The van der Waals surface area contributed by atoms with Crippen molar-refractivity contribution in [2.45, 2.75) is 44.0 Å². The molecule has 4 rings (SSSR count). The molecule has 1 saturated carbocycles. The number of piperazine rings is 1. The monoisotopic (exact) mass is 451 g/mol. The molecule has 2 fully saturated rings. The summed E-state index contributed by atoms with van der Waals surface area (Å²) in [5, 5.41) is 3.20. The molecule has 2 heterocycles. The largest absolute Gasteiger partial charge is 0.352 e. The van der Waals surface area contributed by atoms with Gasteiger partial charge in [0.25, 0.3) is 0 Å². The van der Waals surface area contributed by atoms with Crippen molar-refractivity contribution < 1.29 is 13.2 Å². The SMILES string of the molecule is CC1CCCC(NC(=O)CN2CCN(S(=O)(=O)c3cccc4nsnc34)CC2)C1C. The van der Waals surface area contributed by atoms with Crippen molar-refractivity contribution in [2.75, 3.05) is 32.7 Å². The summed E-state index contributed by atoms with van der Waals surface area (Å²) in [6.45, 7) is 6.59. The van der Waals surface area contributed by atoms with E-state index in [0.717, 1.165) is 24.6 Å². The van der Waals surface area contributed by atoms with Crippen LogP contribution in [0.5, 0.6) is 0 Å². The third-order valence-corrected chi connectivity index (χ3v) is 9.09. The highest BCUT2D eigenvalue weighted by Gasteiger charge is 2.32. The predicted molar refractivity (Wildman–Crippen MR) is 117 cm³/mol. The van der Waals surface area contributed by atoms with Crippen molar-refractivity contribution in [3.8, 4) is 0 Å². The van der Waals surface area contributed by atoms with Gasteiger partial charge in [-0.1, -0.05) is 32.8 Å². The van der Waals surface area contributed by atoms with Crippen LogP contribution in [-0.2, 0) is 14.8 Å². The molecule has 1 aliphatic carbocycles. The van der Waals surface area contributed by atoms with E-state index in [4.69, 9.17) is 0 Å². The van der Waals surface area contributed by atoms with Gasteiger partial charge in [-0.15, -0.1) is 0 Å². The zero-order valence-corrected chi connectivity index (χ0v) is 19.1. The molecule has 1 saturated heterocycles. The third-order valence-electron chi connectivity index (χ3n) is 6.62. The molecule has 1 aromatic carbocycles. The predicted octanol–water partition coefficient (Wildman–Crippen LogP) is 1.94. The summed E-state index contributed by atoms with van der Waals surface area (Å²) in [4.78, 5) is 14.8. The number of aromatic nitrogens is 2. The fourth-order valence-electron chi connectivity index (χ4n) is 4.50. The van der Waals surface area contributed by atoms with Crippen LogP contribution in [0.2, 0.25) is 0 Å². The Kier molecular flexibility index (Phi) is 6.38. The Balaban J connectivity index is 1.33. The maximum Gasteiger partial charge on any atom is 0.245 e. The number of benzene rings is 1. The normalized spacial score (nSPS) is 26.7. The molecule has 0 spiro atoms. The number of carbonyl (C=O) groups excluding carboxylic acids is 1. The Morgan fingerprint density at radius 1 is 1.17 bits per heavy atom. The van der Waals surface area contributed by atoms with Gasteiger partial charge in [0, 0.05) is 32.2 Å². The Morgan fingerprint density at radius 2 is 1.93 bits per heavy atom. The zero-order chi connectivity index (χ0) is 21.3. The minimum Gasteiger partial charge on any atom is -0.352 e. The molecule has 0 radical (unpaired) electrons. The number of carbonyl (C=O) groups is 1. The molecule has 2 aliphatic rings. The molecule has 0 bridgehead atoms. The summed E-state index contributed by atoms with van der Waals surface area (Å²) in [7, 11) is -3.64. The van der Waals surface area contributed by atoms with Gasteiger partial charge in [-0.3, -0.25) is 9.69 Å². The average Bonchev–Trinajstić information content (AvgIpc) is 3.20. The first-order chi connectivity index (χ1) is 14.4. The number of rotatable bonds is 5. The number of nitrogens with zero attached hydrogens (tertiary/aromatic N) is 4. The van der Waals surface area contributed by atoms with E-state index in [1.54, 1.807) is 18.2 Å². The van der Waals surface area contributed by atoms with E-state index < -0.39 is 10.0 Å². The van der Waals surface area contributed by atoms with Crippen molar-refractivity contribution in [2.24, 2.45) is 11.8 Å². The molecule has 164 valence electrons. The van der Waals surface area contributed by atoms with Crippen molar-refractivity contribution in [3.05, 3.63) is 18.2 Å². The van der Waals surface area contributed by atoms with Gasteiger partial charge in [-0.25, -0.2) is 8.42 Å². The number of hydrogen-bond acceptors (Lipinski definition) is 7. The van der Waals surface area contributed by atoms with Crippen LogP contribution in [0.15, 0.2) is 23.1 Å². The summed E-state index contributed by atoms with van der Waals surface area (Å²) in [5.41, 5.74) is 1.03. The van der Waals surface area contributed by atoms with Gasteiger partial charge >= 0.3 is 0 Å². The van der Waals surface area contributed by atoms with Crippen molar-refractivity contribution in [1.82, 2.24) is 23.3 Å². The molecular weight excluding hydrogens is 422 g/mol. The van der Waals surface area contributed by atoms with Crippen molar-refractivity contribution in [1.29, 1.82) is 0 Å². The van der Waals surface area contributed by atoms with Crippen LogP contribution in [0.4, 0.5) is 0 Å². The van der Waals surface area contributed by atoms with Crippen molar-refractivity contribution in [3.63, 3.8) is 0 Å². The van der Waals surface area contributed by atoms with Crippen molar-refractivity contribution >= 4 is 38.7 Å². The van der Waals surface area contributed by atoms with E-state index in [1.165, 1.54) is 10.7 Å². The second-order valence-electron chi connectivity index (χ2n) is 8.51. The summed E-state index contributed by atoms with van der Waals surface area (Å²) < 4.78 is 36.0. The molecule has 1 aliphatic heterocycles. The van der Waals surface area contributed by atoms with E-state index in [9.17, 15) is 13.2 Å². The molecule has 1 aromatic heterocycles. The number of sulfonamides is 1. The number of nitrogens with one attached hydrogen (secondary N) is 1. The first-order valence-corrected chi connectivity index (χ1v) is 12.8. The number of hydrogen-bond donors (Lipinski definition) is 1. The van der Waals surface area contributed by atoms with Gasteiger partial charge in [0.15, 0.2) is 0 Å². The summed E-state index contributed by atoms with van der Waals surface area (Å²) >= 11 is 1.02. The smallest absolute Gasteiger partial charge is 0.245 e. The molecule has 1 N–H and O–H groups in total. The highest BCUT2D eigenvalue weighted by Crippen LogP contribution is 2.29. The molecule has 1 amide bonds. The molecular formula is C20H29N5O3S2. The van der Waals surface area contributed by atoms with Gasteiger partial charge in [0.05, 0.1) is 18.3 Å². The van der Waals surface area contributed by atoms with Crippen LogP contribution in [0.1, 0.15) is 33.1 Å². The third kappa shape index (κ3) is 4.37. The molecule has 3 unspecified atom stereocenters. The van der Waals surface area contributed by atoms with Crippen LogP contribution in [0.25, 0.3) is 11.0 Å². The minimum atomic E-state index is -3.64.